The smallest absolute Gasteiger partial charge is 0.162 e. The van der Waals surface area contributed by atoms with Gasteiger partial charge < -0.3 is 10.2 Å². The molecule has 4 atom stereocenters. The van der Waals surface area contributed by atoms with Gasteiger partial charge in [0.2, 0.25) is 0 Å². The molecular weight excluding hydrogens is 324 g/mol. The third-order valence-electron chi connectivity index (χ3n) is 5.57. The molecule has 1 aliphatic carbocycles. The normalized spacial score (nSPS) is 25.4. The lowest BCUT2D eigenvalue weighted by atomic mass is 9.81. The van der Waals surface area contributed by atoms with Crippen LogP contribution in [0, 0.1) is 0 Å². The first kappa shape index (κ1) is 18.8. The molecule has 0 aliphatic heterocycles. The fourth-order valence-electron chi connectivity index (χ4n) is 4.12. The zero-order valence-electron chi connectivity index (χ0n) is 15.6. The second-order valence-electron chi connectivity index (χ2n) is 7.31. The van der Waals surface area contributed by atoms with Crippen molar-refractivity contribution in [2.24, 2.45) is 0 Å². The van der Waals surface area contributed by atoms with Gasteiger partial charge in [0, 0.05) is 30.2 Å². The summed E-state index contributed by atoms with van der Waals surface area (Å²) in [5.41, 5.74) is 4.01. The lowest BCUT2D eigenvalue weighted by Gasteiger charge is -2.25. The molecule has 0 saturated heterocycles. The van der Waals surface area contributed by atoms with Crippen molar-refractivity contribution in [1.82, 2.24) is 0 Å². The Morgan fingerprint density at radius 2 is 1.38 bits per heavy atom. The topological polar surface area (TPSA) is 57.5 Å². The molecule has 0 aromatic heterocycles. The highest BCUT2D eigenvalue weighted by atomic mass is 16.3. The lowest BCUT2D eigenvalue weighted by molar-refractivity contribution is 0.0981. The minimum Gasteiger partial charge on any atom is -0.392 e. The summed E-state index contributed by atoms with van der Waals surface area (Å²) in [7, 11) is 0. The van der Waals surface area contributed by atoms with Gasteiger partial charge in [-0.15, -0.1) is 0 Å². The van der Waals surface area contributed by atoms with E-state index in [2.05, 4.69) is 31.2 Å². The molecule has 2 N–H and O–H groups in total. The molecule has 1 fully saturated rings. The summed E-state index contributed by atoms with van der Waals surface area (Å²) in [5, 5.41) is 21.2. The van der Waals surface area contributed by atoms with Crippen molar-refractivity contribution in [2.75, 3.05) is 0 Å². The van der Waals surface area contributed by atoms with Crippen LogP contribution in [0.3, 0.4) is 0 Å². The second kappa shape index (κ2) is 8.15. The van der Waals surface area contributed by atoms with Crippen molar-refractivity contribution >= 4 is 5.78 Å². The van der Waals surface area contributed by atoms with Crippen molar-refractivity contribution in [3.8, 4) is 0 Å². The summed E-state index contributed by atoms with van der Waals surface area (Å²) in [6.45, 7) is 4.12. The Labute approximate surface area is 155 Å². The van der Waals surface area contributed by atoms with Gasteiger partial charge in [0.15, 0.2) is 5.78 Å². The Hall–Kier alpha value is -1.97. The SMILES string of the molecule is CCCC(=O)c1ccc(C2C(c3ccc(CC)cc3)[C@H](O)C[C@H]2O)cc1. The highest BCUT2D eigenvalue weighted by Crippen LogP contribution is 2.46. The van der Waals surface area contributed by atoms with Crippen LogP contribution in [-0.2, 0) is 6.42 Å². The van der Waals surface area contributed by atoms with Crippen molar-refractivity contribution in [2.45, 2.75) is 63.6 Å². The molecule has 0 amide bonds. The molecule has 2 unspecified atom stereocenters. The van der Waals surface area contributed by atoms with Crippen LogP contribution in [0.15, 0.2) is 48.5 Å². The summed E-state index contributed by atoms with van der Waals surface area (Å²) in [5.74, 6) is -0.140. The molecule has 3 nitrogen and oxygen atoms in total. The molecule has 2 aromatic rings. The fraction of sp³-hybridized carbons (Fsp3) is 0.435. The first-order valence-electron chi connectivity index (χ1n) is 9.63. The quantitative estimate of drug-likeness (QED) is 0.765. The Morgan fingerprint density at radius 1 is 0.885 bits per heavy atom. The van der Waals surface area contributed by atoms with E-state index in [1.807, 2.05) is 31.2 Å². The molecule has 1 aliphatic rings. The molecule has 0 radical (unpaired) electrons. The van der Waals surface area contributed by atoms with E-state index in [-0.39, 0.29) is 17.6 Å². The van der Waals surface area contributed by atoms with E-state index < -0.39 is 12.2 Å². The van der Waals surface area contributed by atoms with Crippen LogP contribution in [0.2, 0.25) is 0 Å². The third-order valence-corrected chi connectivity index (χ3v) is 5.57. The fourth-order valence-corrected chi connectivity index (χ4v) is 4.12. The number of benzene rings is 2. The first-order valence-corrected chi connectivity index (χ1v) is 9.63. The van der Waals surface area contributed by atoms with Gasteiger partial charge in [-0.25, -0.2) is 0 Å². The van der Waals surface area contributed by atoms with Crippen LogP contribution in [0.4, 0.5) is 0 Å². The van der Waals surface area contributed by atoms with Crippen molar-refractivity contribution < 1.29 is 15.0 Å². The molecular formula is C23H28O3. The van der Waals surface area contributed by atoms with Gasteiger partial charge in [0.1, 0.15) is 0 Å². The summed E-state index contributed by atoms with van der Waals surface area (Å²) < 4.78 is 0. The van der Waals surface area contributed by atoms with Gasteiger partial charge in [-0.1, -0.05) is 62.4 Å². The van der Waals surface area contributed by atoms with Crippen LogP contribution >= 0.6 is 0 Å². The van der Waals surface area contributed by atoms with Gasteiger partial charge in [-0.3, -0.25) is 4.79 Å². The average Bonchev–Trinajstić information content (AvgIpc) is 2.96. The summed E-state index contributed by atoms with van der Waals surface area (Å²) >= 11 is 0. The van der Waals surface area contributed by atoms with Crippen molar-refractivity contribution in [1.29, 1.82) is 0 Å². The van der Waals surface area contributed by atoms with E-state index in [4.69, 9.17) is 0 Å². The molecule has 0 spiro atoms. The van der Waals surface area contributed by atoms with Crippen LogP contribution in [0.25, 0.3) is 0 Å². The maximum Gasteiger partial charge on any atom is 0.162 e. The maximum atomic E-state index is 12.1. The second-order valence-corrected chi connectivity index (χ2v) is 7.31. The molecule has 1 saturated carbocycles. The monoisotopic (exact) mass is 352 g/mol. The van der Waals surface area contributed by atoms with Gasteiger partial charge in [0.05, 0.1) is 12.2 Å². The van der Waals surface area contributed by atoms with E-state index >= 15 is 0 Å². The Bertz CT molecular complexity index is 733. The number of hydrogen-bond donors (Lipinski definition) is 2. The van der Waals surface area contributed by atoms with E-state index in [9.17, 15) is 15.0 Å². The highest BCUT2D eigenvalue weighted by Gasteiger charge is 2.43. The van der Waals surface area contributed by atoms with Crippen LogP contribution in [0.1, 0.15) is 72.0 Å². The number of aliphatic hydroxyl groups is 2. The maximum absolute atomic E-state index is 12.1. The third kappa shape index (κ3) is 3.74. The summed E-state index contributed by atoms with van der Waals surface area (Å²) in [4.78, 5) is 12.1. The van der Waals surface area contributed by atoms with Gasteiger partial charge in [-0.2, -0.15) is 0 Å². The highest BCUT2D eigenvalue weighted by molar-refractivity contribution is 5.96. The van der Waals surface area contributed by atoms with Gasteiger partial charge in [-0.05, 0) is 29.5 Å². The lowest BCUT2D eigenvalue weighted by Crippen LogP contribution is -2.18. The Kier molecular flexibility index (Phi) is 5.90. The Morgan fingerprint density at radius 3 is 1.85 bits per heavy atom. The average molecular weight is 352 g/mol. The summed E-state index contributed by atoms with van der Waals surface area (Å²) in [6.07, 6.45) is 1.59. The standard InChI is InChI=1S/C23H28O3/c1-3-5-19(24)16-10-12-18(13-11-16)23-21(26)14-20(25)22(23)17-8-6-15(4-2)7-9-17/h6-13,20-23,25-26H,3-5,14H2,1-2H3/t20-,21-,22?,23?/m1/s1. The number of aliphatic hydroxyl groups excluding tert-OH is 2. The minimum atomic E-state index is -0.585. The molecule has 0 bridgehead atoms. The summed E-state index contributed by atoms with van der Waals surface area (Å²) in [6, 6.07) is 15.9. The predicted molar refractivity (Wildman–Crippen MR) is 104 cm³/mol. The van der Waals surface area contributed by atoms with Crippen LogP contribution < -0.4 is 0 Å². The first-order chi connectivity index (χ1) is 12.5. The number of carbonyl (C=O) groups excluding carboxylic acids is 1. The molecule has 138 valence electrons. The van der Waals surface area contributed by atoms with E-state index in [0.717, 1.165) is 24.0 Å². The number of carbonyl (C=O) groups is 1. The molecule has 2 aromatic carbocycles. The van der Waals surface area contributed by atoms with E-state index in [1.54, 1.807) is 0 Å². The van der Waals surface area contributed by atoms with Crippen molar-refractivity contribution in [3.05, 3.63) is 70.8 Å². The molecule has 3 heteroatoms. The largest absolute Gasteiger partial charge is 0.392 e. The van der Waals surface area contributed by atoms with E-state index in [0.29, 0.717) is 18.4 Å². The van der Waals surface area contributed by atoms with Crippen LogP contribution in [-0.4, -0.2) is 28.2 Å². The predicted octanol–water partition coefficient (Wildman–Crippen LogP) is 4.22. The van der Waals surface area contributed by atoms with Gasteiger partial charge in [0.25, 0.3) is 0 Å². The molecule has 0 heterocycles. The molecule has 3 rings (SSSR count). The number of aryl methyl sites for hydroxylation is 1. The number of rotatable bonds is 6. The van der Waals surface area contributed by atoms with Crippen LogP contribution in [0.5, 0.6) is 0 Å². The molecule has 26 heavy (non-hydrogen) atoms. The number of Topliss-reactive ketones (excluding diaryl/α,β-unsaturated/α-hetero) is 1. The van der Waals surface area contributed by atoms with Crippen molar-refractivity contribution in [3.63, 3.8) is 0 Å². The number of ketones is 1. The number of hydrogen-bond acceptors (Lipinski definition) is 3. The van der Waals surface area contributed by atoms with E-state index in [1.165, 1.54) is 5.56 Å². The minimum absolute atomic E-state index is 0.131. The Balaban J connectivity index is 1.89. The zero-order chi connectivity index (χ0) is 18.7. The zero-order valence-corrected chi connectivity index (χ0v) is 15.6. The van der Waals surface area contributed by atoms with Gasteiger partial charge >= 0.3 is 0 Å².